The lowest BCUT2D eigenvalue weighted by molar-refractivity contribution is -0.0142. The molecule has 2 aliphatic carbocycles. The second-order valence-electron chi connectivity index (χ2n) is 6.25. The summed E-state index contributed by atoms with van der Waals surface area (Å²) in [7, 11) is 0. The highest BCUT2D eigenvalue weighted by Gasteiger charge is 2.32. The van der Waals surface area contributed by atoms with Crippen LogP contribution in [0.1, 0.15) is 70.6 Å². The van der Waals surface area contributed by atoms with E-state index in [-0.39, 0.29) is 0 Å². The van der Waals surface area contributed by atoms with Crippen LogP contribution in [0.5, 0.6) is 0 Å². The average Bonchev–Trinajstić information content (AvgIpc) is 2.42. The molecule has 18 heavy (non-hydrogen) atoms. The number of ether oxygens (including phenoxy) is 1. The summed E-state index contributed by atoms with van der Waals surface area (Å²) in [6.45, 7) is 1.28. The molecular weight excluding hydrogens is 224 g/mol. The van der Waals surface area contributed by atoms with Crippen LogP contribution in [-0.2, 0) is 4.74 Å². The standard InChI is InChI=1S/C16H30O2/c17-11-5-1-2-6-12-18-16-10-9-14-7-3-4-8-15(14)13-16/h14-17H,1-13H2. The van der Waals surface area contributed by atoms with Gasteiger partial charge in [-0.2, -0.15) is 0 Å². The lowest BCUT2D eigenvalue weighted by Gasteiger charge is -2.39. The monoisotopic (exact) mass is 254 g/mol. The summed E-state index contributed by atoms with van der Waals surface area (Å²) in [5.74, 6) is 2.01. The van der Waals surface area contributed by atoms with Gasteiger partial charge >= 0.3 is 0 Å². The Morgan fingerprint density at radius 3 is 2.44 bits per heavy atom. The van der Waals surface area contributed by atoms with Crippen LogP contribution in [0.3, 0.4) is 0 Å². The van der Waals surface area contributed by atoms with Crippen molar-refractivity contribution in [1.29, 1.82) is 0 Å². The van der Waals surface area contributed by atoms with Crippen molar-refractivity contribution in [2.45, 2.75) is 76.7 Å². The van der Waals surface area contributed by atoms with Crippen molar-refractivity contribution in [2.24, 2.45) is 11.8 Å². The van der Waals surface area contributed by atoms with Crippen molar-refractivity contribution in [2.75, 3.05) is 13.2 Å². The molecule has 2 nitrogen and oxygen atoms in total. The minimum Gasteiger partial charge on any atom is -0.396 e. The summed E-state index contributed by atoms with van der Waals surface area (Å²) >= 11 is 0. The fourth-order valence-corrected chi connectivity index (χ4v) is 3.80. The second-order valence-corrected chi connectivity index (χ2v) is 6.25. The van der Waals surface area contributed by atoms with Gasteiger partial charge in [0.1, 0.15) is 0 Å². The molecule has 1 N–H and O–H groups in total. The largest absolute Gasteiger partial charge is 0.396 e. The Morgan fingerprint density at radius 2 is 1.61 bits per heavy atom. The zero-order valence-electron chi connectivity index (χ0n) is 11.8. The van der Waals surface area contributed by atoms with Crippen LogP contribution in [0, 0.1) is 11.8 Å². The van der Waals surface area contributed by atoms with Gasteiger partial charge in [0, 0.05) is 13.2 Å². The van der Waals surface area contributed by atoms with Crippen molar-refractivity contribution in [3.8, 4) is 0 Å². The second kappa shape index (κ2) is 8.16. The van der Waals surface area contributed by atoms with Crippen LogP contribution in [0.15, 0.2) is 0 Å². The van der Waals surface area contributed by atoms with Gasteiger partial charge in [0.05, 0.1) is 6.10 Å². The molecular formula is C16H30O2. The molecule has 0 aromatic heterocycles. The van der Waals surface area contributed by atoms with E-state index < -0.39 is 0 Å². The highest BCUT2D eigenvalue weighted by molar-refractivity contribution is 4.83. The van der Waals surface area contributed by atoms with Crippen molar-refractivity contribution in [3.05, 3.63) is 0 Å². The Labute approximate surface area is 112 Å². The van der Waals surface area contributed by atoms with E-state index in [0.29, 0.717) is 12.7 Å². The van der Waals surface area contributed by atoms with Gasteiger partial charge in [-0.1, -0.05) is 38.5 Å². The zero-order chi connectivity index (χ0) is 12.6. The molecule has 0 saturated heterocycles. The average molecular weight is 254 g/mol. The van der Waals surface area contributed by atoms with E-state index in [0.717, 1.165) is 31.3 Å². The Morgan fingerprint density at radius 1 is 0.833 bits per heavy atom. The molecule has 2 saturated carbocycles. The summed E-state index contributed by atoms with van der Waals surface area (Å²) in [6, 6.07) is 0. The Hall–Kier alpha value is -0.0800. The third-order valence-electron chi connectivity index (χ3n) is 4.90. The number of hydrogen-bond acceptors (Lipinski definition) is 2. The first-order valence-corrected chi connectivity index (χ1v) is 8.12. The van der Waals surface area contributed by atoms with Crippen LogP contribution >= 0.6 is 0 Å². The molecule has 0 aromatic carbocycles. The SMILES string of the molecule is OCCCCCCOC1CCC2CCCCC2C1. The van der Waals surface area contributed by atoms with Gasteiger partial charge in [-0.25, -0.2) is 0 Å². The number of unbranched alkanes of at least 4 members (excludes halogenated alkanes) is 3. The number of aliphatic hydroxyl groups excluding tert-OH is 1. The van der Waals surface area contributed by atoms with Gasteiger partial charge in [0.2, 0.25) is 0 Å². The van der Waals surface area contributed by atoms with E-state index in [1.54, 1.807) is 0 Å². The van der Waals surface area contributed by atoms with Crippen LogP contribution in [0.4, 0.5) is 0 Å². The Bertz CT molecular complexity index is 217. The van der Waals surface area contributed by atoms with Crippen molar-refractivity contribution in [1.82, 2.24) is 0 Å². The lowest BCUT2D eigenvalue weighted by atomic mass is 9.70. The molecule has 0 heterocycles. The maximum absolute atomic E-state index is 8.71. The first kappa shape index (κ1) is 14.3. The van der Waals surface area contributed by atoms with Gasteiger partial charge in [-0.05, 0) is 43.9 Å². The summed E-state index contributed by atoms with van der Waals surface area (Å²) < 4.78 is 6.05. The molecule has 2 fully saturated rings. The predicted octanol–water partition coefficient (Wildman–Crippen LogP) is 3.91. The predicted molar refractivity (Wildman–Crippen MR) is 74.6 cm³/mol. The first-order chi connectivity index (χ1) is 8.90. The lowest BCUT2D eigenvalue weighted by Crippen LogP contribution is -2.31. The summed E-state index contributed by atoms with van der Waals surface area (Å²) in [6.07, 6.45) is 15.0. The van der Waals surface area contributed by atoms with Crippen molar-refractivity contribution < 1.29 is 9.84 Å². The van der Waals surface area contributed by atoms with Crippen LogP contribution in [0.25, 0.3) is 0 Å². The zero-order valence-corrected chi connectivity index (χ0v) is 11.8. The van der Waals surface area contributed by atoms with E-state index >= 15 is 0 Å². The molecule has 0 spiro atoms. The quantitative estimate of drug-likeness (QED) is 0.698. The van der Waals surface area contributed by atoms with Gasteiger partial charge in [-0.15, -0.1) is 0 Å². The number of hydrogen-bond donors (Lipinski definition) is 1. The van der Waals surface area contributed by atoms with Crippen molar-refractivity contribution in [3.63, 3.8) is 0 Å². The molecule has 3 unspecified atom stereocenters. The van der Waals surface area contributed by atoms with Crippen LogP contribution in [0.2, 0.25) is 0 Å². The third kappa shape index (κ3) is 4.55. The number of rotatable bonds is 7. The van der Waals surface area contributed by atoms with Gasteiger partial charge in [0.25, 0.3) is 0 Å². The highest BCUT2D eigenvalue weighted by atomic mass is 16.5. The van der Waals surface area contributed by atoms with E-state index in [9.17, 15) is 0 Å². The maximum Gasteiger partial charge on any atom is 0.0578 e. The van der Waals surface area contributed by atoms with E-state index in [2.05, 4.69) is 0 Å². The fourth-order valence-electron chi connectivity index (χ4n) is 3.80. The number of aliphatic hydroxyl groups is 1. The molecule has 0 aromatic rings. The maximum atomic E-state index is 8.71. The highest BCUT2D eigenvalue weighted by Crippen LogP contribution is 2.41. The van der Waals surface area contributed by atoms with Crippen LogP contribution < -0.4 is 0 Å². The minimum atomic E-state index is 0.340. The summed E-state index contributed by atoms with van der Waals surface area (Å²) in [5, 5.41) is 8.71. The van der Waals surface area contributed by atoms with E-state index in [4.69, 9.17) is 9.84 Å². The van der Waals surface area contributed by atoms with Gasteiger partial charge < -0.3 is 9.84 Å². The first-order valence-electron chi connectivity index (χ1n) is 8.12. The van der Waals surface area contributed by atoms with Gasteiger partial charge in [-0.3, -0.25) is 0 Å². The molecule has 2 heteroatoms. The van der Waals surface area contributed by atoms with E-state index in [1.807, 2.05) is 0 Å². The smallest absolute Gasteiger partial charge is 0.0578 e. The Kier molecular flexibility index (Phi) is 6.50. The molecule has 106 valence electrons. The molecule has 3 atom stereocenters. The molecule has 2 aliphatic rings. The molecule has 0 radical (unpaired) electrons. The molecule has 0 aliphatic heterocycles. The Balaban J connectivity index is 1.54. The summed E-state index contributed by atoms with van der Waals surface area (Å²) in [5.41, 5.74) is 0. The molecule has 0 amide bonds. The van der Waals surface area contributed by atoms with Crippen LogP contribution in [-0.4, -0.2) is 24.4 Å². The topological polar surface area (TPSA) is 29.5 Å². The molecule has 0 bridgehead atoms. The van der Waals surface area contributed by atoms with E-state index in [1.165, 1.54) is 57.8 Å². The van der Waals surface area contributed by atoms with Gasteiger partial charge in [0.15, 0.2) is 0 Å². The summed E-state index contributed by atoms with van der Waals surface area (Å²) in [4.78, 5) is 0. The molecule has 2 rings (SSSR count). The third-order valence-corrected chi connectivity index (χ3v) is 4.90. The fraction of sp³-hybridized carbons (Fsp3) is 1.00. The normalized spacial score (nSPS) is 32.2. The minimum absolute atomic E-state index is 0.340. The number of fused-ring (bicyclic) bond motifs is 1. The van der Waals surface area contributed by atoms with Crippen molar-refractivity contribution >= 4 is 0 Å².